The topological polar surface area (TPSA) is 132 Å². The summed E-state index contributed by atoms with van der Waals surface area (Å²) in [6, 6.07) is 11.3. The first-order chi connectivity index (χ1) is 16.0. The second kappa shape index (κ2) is 9.52. The fraction of sp³-hybridized carbons (Fsp3) is 0.200. The van der Waals surface area contributed by atoms with Crippen molar-refractivity contribution >= 4 is 17.4 Å². The SMILES string of the molecule is CNc1cc(-c2ccnc(-c3cc(NC(=O)C(/C=C(\N)C4CC4)=C/N)ccc3C)n2)ccn1. The molecule has 0 spiro atoms. The molecule has 2 aromatic heterocycles. The van der Waals surface area contributed by atoms with Crippen LogP contribution in [-0.2, 0) is 4.79 Å². The van der Waals surface area contributed by atoms with Crippen LogP contribution >= 0.6 is 0 Å². The lowest BCUT2D eigenvalue weighted by molar-refractivity contribution is -0.112. The molecule has 0 aliphatic heterocycles. The zero-order valence-electron chi connectivity index (χ0n) is 18.7. The predicted molar refractivity (Wildman–Crippen MR) is 131 cm³/mol. The standard InChI is InChI=1S/C25H27N7O/c1-15-3-6-19(31-25(33)18(14-26)11-21(27)16-4-5-16)13-20(15)24-30-10-8-22(32-24)17-7-9-29-23(12-17)28-2/h3,6-14,16H,4-5,26-27H2,1-2H3,(H,28,29)(H,31,33)/b18-14+,21-11-. The van der Waals surface area contributed by atoms with E-state index in [-0.39, 0.29) is 5.91 Å². The molecule has 0 saturated heterocycles. The van der Waals surface area contributed by atoms with Crippen LogP contribution in [0.1, 0.15) is 18.4 Å². The Morgan fingerprint density at radius 3 is 2.64 bits per heavy atom. The van der Waals surface area contributed by atoms with Crippen molar-refractivity contribution in [3.05, 3.63) is 77.9 Å². The summed E-state index contributed by atoms with van der Waals surface area (Å²) in [5.74, 6) is 1.36. The first-order valence-electron chi connectivity index (χ1n) is 10.8. The van der Waals surface area contributed by atoms with E-state index in [2.05, 4.69) is 20.6 Å². The molecule has 33 heavy (non-hydrogen) atoms. The van der Waals surface area contributed by atoms with Crippen molar-refractivity contribution in [2.45, 2.75) is 19.8 Å². The van der Waals surface area contributed by atoms with Crippen LogP contribution in [0.2, 0.25) is 0 Å². The lowest BCUT2D eigenvalue weighted by Crippen LogP contribution is -2.16. The Morgan fingerprint density at radius 2 is 1.91 bits per heavy atom. The molecule has 1 fully saturated rings. The van der Waals surface area contributed by atoms with Gasteiger partial charge in [-0.15, -0.1) is 0 Å². The highest BCUT2D eigenvalue weighted by molar-refractivity contribution is 6.06. The smallest absolute Gasteiger partial charge is 0.257 e. The summed E-state index contributed by atoms with van der Waals surface area (Å²) in [4.78, 5) is 26.2. The van der Waals surface area contributed by atoms with Crippen LogP contribution < -0.4 is 22.1 Å². The number of hydrogen-bond acceptors (Lipinski definition) is 7. The Kier molecular flexibility index (Phi) is 6.35. The highest BCUT2D eigenvalue weighted by Crippen LogP contribution is 2.34. The van der Waals surface area contributed by atoms with Crippen molar-refractivity contribution in [1.29, 1.82) is 0 Å². The van der Waals surface area contributed by atoms with Gasteiger partial charge in [-0.1, -0.05) is 6.07 Å². The molecule has 8 heteroatoms. The van der Waals surface area contributed by atoms with Gasteiger partial charge in [0.1, 0.15) is 5.82 Å². The molecule has 1 aliphatic rings. The van der Waals surface area contributed by atoms with Crippen LogP contribution in [0, 0.1) is 12.8 Å². The minimum Gasteiger partial charge on any atom is -0.404 e. The van der Waals surface area contributed by atoms with Crippen molar-refractivity contribution < 1.29 is 4.79 Å². The minimum absolute atomic E-state index is 0.318. The van der Waals surface area contributed by atoms with Crippen molar-refractivity contribution in [2.24, 2.45) is 17.4 Å². The van der Waals surface area contributed by atoms with Crippen LogP contribution in [0.4, 0.5) is 11.5 Å². The molecular formula is C25H27N7O. The van der Waals surface area contributed by atoms with E-state index in [1.54, 1.807) is 18.5 Å². The van der Waals surface area contributed by atoms with Crippen molar-refractivity contribution in [3.8, 4) is 22.6 Å². The van der Waals surface area contributed by atoms with E-state index in [4.69, 9.17) is 16.5 Å². The number of carbonyl (C=O) groups excluding carboxylic acids is 1. The number of rotatable bonds is 7. The van der Waals surface area contributed by atoms with Crippen LogP contribution in [0.25, 0.3) is 22.6 Å². The summed E-state index contributed by atoms with van der Waals surface area (Å²) in [6.07, 6.45) is 8.50. The number of nitrogens with one attached hydrogen (secondary N) is 2. The van der Waals surface area contributed by atoms with Crippen LogP contribution in [-0.4, -0.2) is 27.9 Å². The average molecular weight is 442 g/mol. The Balaban J connectivity index is 1.60. The minimum atomic E-state index is -0.318. The van der Waals surface area contributed by atoms with Gasteiger partial charge in [-0.25, -0.2) is 15.0 Å². The molecule has 2 heterocycles. The van der Waals surface area contributed by atoms with Gasteiger partial charge in [-0.05, 0) is 67.7 Å². The molecule has 0 unspecified atom stereocenters. The summed E-state index contributed by atoms with van der Waals surface area (Å²) >= 11 is 0. The Labute approximate surface area is 192 Å². The first-order valence-corrected chi connectivity index (χ1v) is 10.8. The second-order valence-corrected chi connectivity index (χ2v) is 7.97. The Hall–Kier alpha value is -4.20. The van der Waals surface area contributed by atoms with Crippen LogP contribution in [0.5, 0.6) is 0 Å². The predicted octanol–water partition coefficient (Wildman–Crippen LogP) is 3.59. The lowest BCUT2D eigenvalue weighted by atomic mass is 10.1. The first kappa shape index (κ1) is 22.0. The van der Waals surface area contributed by atoms with Gasteiger partial charge >= 0.3 is 0 Å². The molecule has 1 aliphatic carbocycles. The van der Waals surface area contributed by atoms with E-state index in [0.717, 1.165) is 41.0 Å². The lowest BCUT2D eigenvalue weighted by Gasteiger charge is -2.11. The van der Waals surface area contributed by atoms with Crippen molar-refractivity contribution in [1.82, 2.24) is 15.0 Å². The number of aryl methyl sites for hydroxylation is 1. The number of nitrogens with two attached hydrogens (primary N) is 2. The Bertz CT molecular complexity index is 1250. The maximum absolute atomic E-state index is 12.8. The molecule has 3 aromatic rings. The molecule has 0 bridgehead atoms. The number of carbonyl (C=O) groups is 1. The third kappa shape index (κ3) is 5.17. The summed E-state index contributed by atoms with van der Waals surface area (Å²) in [6.45, 7) is 1.98. The van der Waals surface area contributed by atoms with E-state index >= 15 is 0 Å². The fourth-order valence-corrected chi connectivity index (χ4v) is 3.42. The second-order valence-electron chi connectivity index (χ2n) is 7.97. The highest BCUT2D eigenvalue weighted by Gasteiger charge is 2.24. The molecule has 168 valence electrons. The molecule has 6 N–H and O–H groups in total. The number of pyridine rings is 1. The van der Waals surface area contributed by atoms with Gasteiger partial charge in [-0.3, -0.25) is 4.79 Å². The monoisotopic (exact) mass is 441 g/mol. The third-order valence-corrected chi connectivity index (χ3v) is 5.52. The maximum atomic E-state index is 12.8. The Morgan fingerprint density at radius 1 is 1.12 bits per heavy atom. The van der Waals surface area contributed by atoms with Gasteiger partial charge in [0.25, 0.3) is 5.91 Å². The third-order valence-electron chi connectivity index (χ3n) is 5.52. The van der Waals surface area contributed by atoms with E-state index in [9.17, 15) is 4.79 Å². The zero-order valence-corrected chi connectivity index (χ0v) is 18.7. The number of hydrogen-bond donors (Lipinski definition) is 4. The molecule has 0 atom stereocenters. The van der Waals surface area contributed by atoms with Crippen LogP contribution in [0.3, 0.4) is 0 Å². The van der Waals surface area contributed by atoms with Crippen LogP contribution in [0.15, 0.2) is 72.3 Å². The number of benzene rings is 1. The normalized spacial score (nSPS) is 14.1. The molecule has 0 radical (unpaired) electrons. The number of anilines is 2. The van der Waals surface area contributed by atoms with Crippen molar-refractivity contribution in [3.63, 3.8) is 0 Å². The van der Waals surface area contributed by atoms with E-state index in [1.807, 2.05) is 50.4 Å². The van der Waals surface area contributed by atoms with Gasteiger partial charge in [-0.2, -0.15) is 0 Å². The van der Waals surface area contributed by atoms with Gasteiger partial charge in [0.15, 0.2) is 5.82 Å². The van der Waals surface area contributed by atoms with E-state index < -0.39 is 0 Å². The summed E-state index contributed by atoms with van der Waals surface area (Å²) in [5, 5.41) is 5.93. The number of aromatic nitrogens is 3. The maximum Gasteiger partial charge on any atom is 0.257 e. The summed E-state index contributed by atoms with van der Waals surface area (Å²) in [5.41, 5.74) is 16.9. The molecule has 8 nitrogen and oxygen atoms in total. The van der Waals surface area contributed by atoms with Gasteiger partial charge in [0.05, 0.1) is 11.3 Å². The quantitative estimate of drug-likeness (QED) is 0.325. The fourth-order valence-electron chi connectivity index (χ4n) is 3.42. The van der Waals surface area contributed by atoms with Gasteiger partial charge < -0.3 is 22.1 Å². The molecule has 1 aromatic carbocycles. The number of allylic oxidation sites excluding steroid dienone is 1. The molecule has 4 rings (SSSR count). The largest absolute Gasteiger partial charge is 0.404 e. The molecular weight excluding hydrogens is 414 g/mol. The van der Waals surface area contributed by atoms with Crippen molar-refractivity contribution in [2.75, 3.05) is 17.7 Å². The zero-order chi connectivity index (χ0) is 23.4. The van der Waals surface area contributed by atoms with E-state index in [1.165, 1.54) is 6.20 Å². The number of amides is 1. The highest BCUT2D eigenvalue weighted by atomic mass is 16.1. The van der Waals surface area contributed by atoms with Gasteiger partial charge in [0.2, 0.25) is 0 Å². The summed E-state index contributed by atoms with van der Waals surface area (Å²) < 4.78 is 0. The molecule has 1 saturated carbocycles. The van der Waals surface area contributed by atoms with Gasteiger partial charge in [0, 0.05) is 48.2 Å². The number of nitrogens with zero attached hydrogens (tertiary/aromatic N) is 3. The average Bonchev–Trinajstić information content (AvgIpc) is 3.69. The molecule has 1 amide bonds. The summed E-state index contributed by atoms with van der Waals surface area (Å²) in [7, 11) is 1.82. The van der Waals surface area contributed by atoms with E-state index in [0.29, 0.717) is 28.7 Å².